The van der Waals surface area contributed by atoms with Crippen molar-refractivity contribution in [2.24, 2.45) is 5.73 Å². The van der Waals surface area contributed by atoms with Crippen LogP contribution in [0.5, 0.6) is 0 Å². The van der Waals surface area contributed by atoms with Crippen LogP contribution in [0.4, 0.5) is 0 Å². The van der Waals surface area contributed by atoms with Gasteiger partial charge in [0.2, 0.25) is 23.6 Å². The predicted octanol–water partition coefficient (Wildman–Crippen LogP) is 20.8. The molecule has 1 heterocycles. The minimum absolute atomic E-state index is 0.0443. The van der Waals surface area contributed by atoms with Crippen molar-refractivity contribution in [2.75, 3.05) is 7.05 Å². The summed E-state index contributed by atoms with van der Waals surface area (Å²) in [5, 5.41) is 3.11. The highest BCUT2D eigenvalue weighted by molar-refractivity contribution is 6.23. The lowest BCUT2D eigenvalue weighted by molar-refractivity contribution is -0.143. The molecule has 7 aromatic carbocycles. The van der Waals surface area contributed by atoms with Gasteiger partial charge in [0, 0.05) is 85.8 Å². The molecule has 16 rings (SSSR count). The van der Waals surface area contributed by atoms with E-state index in [0.717, 1.165) is 125 Å². The number of fused-ring (bicyclic) bond motifs is 1. The van der Waals surface area contributed by atoms with Crippen LogP contribution in [0, 0.1) is 0 Å². The molecule has 16 nitrogen and oxygen atoms in total. The monoisotopic (exact) mass is 1670 g/mol. The van der Waals surface area contributed by atoms with E-state index < -0.39 is 24.2 Å². The van der Waals surface area contributed by atoms with Crippen LogP contribution < -0.4 is 11.1 Å². The van der Waals surface area contributed by atoms with E-state index >= 15 is 0 Å². The molecule has 8 amide bonds. The third-order valence-corrected chi connectivity index (χ3v) is 28.4. The van der Waals surface area contributed by atoms with Gasteiger partial charge in [0.15, 0.2) is 0 Å². The summed E-state index contributed by atoms with van der Waals surface area (Å²) < 4.78 is 0. The molecular weight excluding hydrogens is 1530 g/mol. The van der Waals surface area contributed by atoms with E-state index in [2.05, 4.69) is 49.2 Å². The lowest BCUT2D eigenvalue weighted by atomic mass is 9.87. The second-order valence-corrected chi connectivity index (χ2v) is 36.9. The fourth-order valence-electron chi connectivity index (χ4n) is 21.8. The zero-order chi connectivity index (χ0) is 85.5. The van der Waals surface area contributed by atoms with Crippen LogP contribution in [-0.4, -0.2) is 156 Å². The summed E-state index contributed by atoms with van der Waals surface area (Å²) in [4.78, 5) is 121. The van der Waals surface area contributed by atoms with Gasteiger partial charge in [-0.3, -0.25) is 43.3 Å². The number of hydrogen-bond donors (Lipinski definition) is 2. The number of carbonyl (C=O) groups is 8. The number of rotatable bonds is 25. The number of imide groups is 1. The summed E-state index contributed by atoms with van der Waals surface area (Å²) in [7, 11) is 1.81. The SMILES string of the molecule is CN(C(=O)c1ccccc1)C(Cc1ccccc1)C(=O)N(C1CCCCC1)C1CCCCC1.NC(Cc1ccccc1)C(=O)N(C1CCCCC1)C1CCCCC1.O=C(NC(Cc1ccccc1)C(=O)N(C1CCCCC1)C1CCCCC1)c1ccccc1.O=C1c2ccccc2C(=O)N1C(Cc1ccccc1)C(=O)N(C1CCCCC1)C1CCCCC1. The Morgan fingerprint density at radius 2 is 0.569 bits per heavy atom. The first-order chi connectivity index (χ1) is 60.3. The minimum Gasteiger partial charge on any atom is -0.340 e. The number of likely N-dealkylation sites (N-methyl/N-ethyl adjacent to an activating group) is 1. The number of nitrogens with two attached hydrogens (primary N) is 1. The van der Waals surface area contributed by atoms with E-state index in [1.807, 2.05) is 146 Å². The third-order valence-electron chi connectivity index (χ3n) is 28.4. The van der Waals surface area contributed by atoms with Crippen molar-refractivity contribution in [1.82, 2.24) is 34.7 Å². The number of amides is 8. The zero-order valence-corrected chi connectivity index (χ0v) is 73.7. The van der Waals surface area contributed by atoms with Crippen LogP contribution in [0.3, 0.4) is 0 Å². The molecule has 123 heavy (non-hydrogen) atoms. The highest BCUT2D eigenvalue weighted by Gasteiger charge is 2.48. The van der Waals surface area contributed by atoms with E-state index in [-0.39, 0.29) is 59.3 Å². The highest BCUT2D eigenvalue weighted by Crippen LogP contribution is 2.38. The van der Waals surface area contributed by atoms with Gasteiger partial charge in [-0.25, -0.2) is 0 Å². The maximum absolute atomic E-state index is 14.5. The van der Waals surface area contributed by atoms with E-state index in [0.29, 0.717) is 84.2 Å². The van der Waals surface area contributed by atoms with Gasteiger partial charge in [0.05, 0.1) is 17.2 Å². The Morgan fingerprint density at radius 3 is 0.902 bits per heavy atom. The Bertz CT molecular complexity index is 4290. The summed E-state index contributed by atoms with van der Waals surface area (Å²) in [6.45, 7) is 0. The highest BCUT2D eigenvalue weighted by atomic mass is 16.2. The summed E-state index contributed by atoms with van der Waals surface area (Å²) in [5.74, 6) is -0.551. The smallest absolute Gasteiger partial charge is 0.262 e. The van der Waals surface area contributed by atoms with Gasteiger partial charge in [0.1, 0.15) is 18.1 Å². The van der Waals surface area contributed by atoms with E-state index in [9.17, 15) is 38.4 Å². The van der Waals surface area contributed by atoms with Gasteiger partial charge in [-0.1, -0.05) is 324 Å². The van der Waals surface area contributed by atoms with E-state index in [1.54, 1.807) is 48.3 Å². The Morgan fingerprint density at radius 1 is 0.309 bits per heavy atom. The molecule has 0 spiro atoms. The molecule has 4 unspecified atom stereocenters. The Kier molecular flexibility index (Phi) is 35.2. The van der Waals surface area contributed by atoms with Crippen LogP contribution in [0.2, 0.25) is 0 Å². The van der Waals surface area contributed by atoms with Gasteiger partial charge in [-0.15, -0.1) is 0 Å². The lowest BCUT2D eigenvalue weighted by Gasteiger charge is -2.44. The molecule has 16 heteroatoms. The van der Waals surface area contributed by atoms with Crippen LogP contribution >= 0.6 is 0 Å². The number of benzene rings is 7. The maximum atomic E-state index is 14.5. The van der Waals surface area contributed by atoms with Gasteiger partial charge in [-0.2, -0.15) is 0 Å². The molecule has 7 aromatic rings. The number of carbonyl (C=O) groups excluding carboxylic acids is 8. The molecule has 8 fully saturated rings. The molecule has 9 aliphatic rings. The predicted molar refractivity (Wildman–Crippen MR) is 492 cm³/mol. The molecule has 1 aliphatic heterocycles. The number of nitrogens with zero attached hydrogens (tertiary/aromatic N) is 6. The van der Waals surface area contributed by atoms with Crippen molar-refractivity contribution in [3.8, 4) is 0 Å². The molecule has 0 bridgehead atoms. The number of hydrogen-bond acceptors (Lipinski definition) is 9. The second kappa shape index (κ2) is 47.5. The van der Waals surface area contributed by atoms with Gasteiger partial charge >= 0.3 is 0 Å². The quantitative estimate of drug-likeness (QED) is 0.0524. The van der Waals surface area contributed by atoms with Crippen molar-refractivity contribution < 1.29 is 38.4 Å². The molecular formula is C107H140N8O8. The zero-order valence-electron chi connectivity index (χ0n) is 73.7. The van der Waals surface area contributed by atoms with Gasteiger partial charge in [-0.05, 0) is 168 Å². The van der Waals surface area contributed by atoms with Crippen LogP contribution in [0.1, 0.15) is 321 Å². The fraction of sp³-hybridized carbons (Fsp3) is 0.533. The average Bonchev–Trinajstić information content (AvgIpc) is 1.61. The second-order valence-electron chi connectivity index (χ2n) is 36.9. The fourth-order valence-corrected chi connectivity index (χ4v) is 21.8. The first kappa shape index (κ1) is 91.2. The van der Waals surface area contributed by atoms with Crippen LogP contribution in [0.15, 0.2) is 206 Å². The first-order valence-corrected chi connectivity index (χ1v) is 48.1. The summed E-state index contributed by atoms with van der Waals surface area (Å²) in [5.41, 5.74) is 12.7. The molecule has 8 saturated carbocycles. The van der Waals surface area contributed by atoms with Gasteiger partial charge in [0.25, 0.3) is 23.6 Å². The van der Waals surface area contributed by atoms with Crippen LogP contribution in [-0.2, 0) is 44.9 Å². The summed E-state index contributed by atoms with van der Waals surface area (Å²) >= 11 is 0. The van der Waals surface area contributed by atoms with Crippen molar-refractivity contribution in [3.05, 3.63) is 251 Å². The lowest BCUT2D eigenvalue weighted by Crippen LogP contribution is -2.58. The van der Waals surface area contributed by atoms with Gasteiger partial charge < -0.3 is 35.6 Å². The molecule has 656 valence electrons. The maximum Gasteiger partial charge on any atom is 0.262 e. The van der Waals surface area contributed by atoms with Crippen molar-refractivity contribution in [1.29, 1.82) is 0 Å². The Labute approximate surface area is 734 Å². The van der Waals surface area contributed by atoms with Crippen molar-refractivity contribution >= 4 is 47.3 Å². The molecule has 3 N–H and O–H groups in total. The molecule has 4 atom stereocenters. The molecule has 0 aromatic heterocycles. The van der Waals surface area contributed by atoms with Crippen LogP contribution in [0.25, 0.3) is 0 Å². The Hall–Kier alpha value is -9.54. The summed E-state index contributed by atoms with van der Waals surface area (Å²) in [6, 6.07) is 65.9. The molecule has 8 aliphatic carbocycles. The largest absolute Gasteiger partial charge is 0.340 e. The van der Waals surface area contributed by atoms with E-state index in [1.165, 1.54) is 159 Å². The number of nitrogens with one attached hydrogen (secondary N) is 1. The van der Waals surface area contributed by atoms with Crippen molar-refractivity contribution in [2.45, 2.75) is 355 Å². The standard InChI is InChI=1S/C29H34N2O3.C29H38N2O2.C28H36N2O2.C21H32N2O/c32-27-24-18-10-11-19-25(24)28(33)31(27)26(20-21-12-4-1-5-13-21)29(34)30(22-14-6-2-7-15-22)23-16-8-3-9-17-23;1-30(28(32)24-16-8-3-9-17-24)27(22-23-14-6-2-7-15-23)29(33)31(25-18-10-4-11-19-25)26-20-12-5-13-21-26;31-27(23-15-7-2-8-16-23)29-26(21-22-13-5-1-6-14-22)28(32)30(24-17-9-3-10-18-24)25-19-11-4-12-20-25;22-20(16-17-10-4-1-5-11-17)21(24)23(18-12-6-2-7-13-18)19-14-8-3-9-15-19/h1,4-5,10-13,18-19,22-23,26H,2-3,6-9,14-17,20H2;2-3,6-9,14-17,25-27H,4-5,10-13,18-22H2,1H3;1-2,5-8,13-16,24-26H,3-4,9-12,17-21H2,(H,29,31);1,4-5,10-11,18-20H,2-3,6-9,12-16,22H2. The molecule has 0 saturated heterocycles. The summed E-state index contributed by atoms with van der Waals surface area (Å²) in [6.07, 6.45) is 48.8. The average molecular weight is 1670 g/mol. The first-order valence-electron chi connectivity index (χ1n) is 48.1. The topological polar surface area (TPSA) is 194 Å². The van der Waals surface area contributed by atoms with E-state index in [4.69, 9.17) is 5.73 Å². The Balaban J connectivity index is 0.000000142. The van der Waals surface area contributed by atoms with Crippen molar-refractivity contribution in [3.63, 3.8) is 0 Å². The molecule has 0 radical (unpaired) electrons. The third kappa shape index (κ3) is 25.2. The minimum atomic E-state index is -0.821. The normalized spacial score (nSPS) is 19.6.